The molecule has 1 aliphatic rings. The summed E-state index contributed by atoms with van der Waals surface area (Å²) in [6.07, 6.45) is 5.10. The second-order valence-corrected chi connectivity index (χ2v) is 8.46. The molecule has 0 saturated carbocycles. The molecule has 10 heteroatoms. The van der Waals surface area contributed by atoms with E-state index in [0.29, 0.717) is 60.4 Å². The van der Waals surface area contributed by atoms with Crippen molar-refractivity contribution < 1.29 is 14.3 Å². The molecule has 188 valence electrons. The number of piperazine rings is 1. The average Bonchev–Trinajstić information content (AvgIpc) is 2.95. The molecule has 37 heavy (non-hydrogen) atoms. The lowest BCUT2D eigenvalue weighted by atomic mass is 10.1. The summed E-state index contributed by atoms with van der Waals surface area (Å²) in [5.74, 6) is 1.93. The molecule has 2 N–H and O–H groups in total. The van der Waals surface area contributed by atoms with Gasteiger partial charge in [-0.1, -0.05) is 30.3 Å². The van der Waals surface area contributed by atoms with Crippen molar-refractivity contribution in [3.05, 3.63) is 66.4 Å². The zero-order chi connectivity index (χ0) is 25.8. The lowest BCUT2D eigenvalue weighted by Gasteiger charge is -2.35. The molecule has 1 aliphatic heterocycles. The van der Waals surface area contributed by atoms with Gasteiger partial charge in [-0.25, -0.2) is 9.97 Å². The third-order valence-corrected chi connectivity index (χ3v) is 6.19. The summed E-state index contributed by atoms with van der Waals surface area (Å²) >= 11 is 0. The fraction of sp³-hybridized carbons (Fsp3) is 0.222. The molecule has 0 spiro atoms. The van der Waals surface area contributed by atoms with E-state index in [0.717, 1.165) is 11.1 Å². The number of anilines is 2. The highest BCUT2D eigenvalue weighted by Gasteiger charge is 2.24. The van der Waals surface area contributed by atoms with Crippen LogP contribution in [0.5, 0.6) is 11.5 Å². The van der Waals surface area contributed by atoms with Crippen LogP contribution in [-0.2, 0) is 4.79 Å². The number of fused-ring (bicyclic) bond motifs is 1. The van der Waals surface area contributed by atoms with Crippen molar-refractivity contribution in [2.45, 2.75) is 0 Å². The highest BCUT2D eigenvalue weighted by atomic mass is 16.5. The molecule has 0 aliphatic carbocycles. The first kappa shape index (κ1) is 24.0. The second-order valence-electron chi connectivity index (χ2n) is 8.46. The number of rotatable bonds is 6. The molecule has 1 amide bonds. The predicted octanol–water partition coefficient (Wildman–Crippen LogP) is 3.05. The van der Waals surface area contributed by atoms with Gasteiger partial charge < -0.3 is 25.0 Å². The minimum atomic E-state index is -0.0221. The summed E-state index contributed by atoms with van der Waals surface area (Å²) < 4.78 is 10.8. The molecule has 0 atom stereocenters. The second kappa shape index (κ2) is 10.5. The Hall–Kier alpha value is -4.73. The first-order chi connectivity index (χ1) is 18.1. The van der Waals surface area contributed by atoms with Crippen molar-refractivity contribution >= 4 is 34.9 Å². The average molecular weight is 498 g/mol. The van der Waals surface area contributed by atoms with Crippen LogP contribution in [0.3, 0.4) is 0 Å². The van der Waals surface area contributed by atoms with Crippen LogP contribution >= 0.6 is 0 Å². The van der Waals surface area contributed by atoms with Gasteiger partial charge in [-0.05, 0) is 29.8 Å². The Morgan fingerprint density at radius 3 is 2.43 bits per heavy atom. The molecular formula is C27H27N7O3. The van der Waals surface area contributed by atoms with E-state index >= 15 is 0 Å². The van der Waals surface area contributed by atoms with Crippen LogP contribution in [-0.4, -0.2) is 71.1 Å². The van der Waals surface area contributed by atoms with Crippen molar-refractivity contribution in [1.29, 1.82) is 0 Å². The van der Waals surface area contributed by atoms with E-state index < -0.39 is 0 Å². The number of benzene rings is 2. The van der Waals surface area contributed by atoms with E-state index in [-0.39, 0.29) is 11.9 Å². The van der Waals surface area contributed by atoms with E-state index in [1.54, 1.807) is 26.5 Å². The fourth-order valence-corrected chi connectivity index (χ4v) is 4.24. The Kier molecular flexibility index (Phi) is 6.80. The van der Waals surface area contributed by atoms with Crippen molar-refractivity contribution in [2.24, 2.45) is 0 Å². The Morgan fingerprint density at radius 2 is 1.70 bits per heavy atom. The normalized spacial score (nSPS) is 13.8. The van der Waals surface area contributed by atoms with Crippen LogP contribution in [0.2, 0.25) is 0 Å². The van der Waals surface area contributed by atoms with E-state index in [1.165, 1.54) is 0 Å². The van der Waals surface area contributed by atoms with Gasteiger partial charge in [0.2, 0.25) is 11.9 Å². The monoisotopic (exact) mass is 497 g/mol. The molecule has 5 rings (SSSR count). The summed E-state index contributed by atoms with van der Waals surface area (Å²) in [4.78, 5) is 34.7. The summed E-state index contributed by atoms with van der Waals surface area (Å²) in [6, 6.07) is 15.3. The molecule has 0 bridgehead atoms. The van der Waals surface area contributed by atoms with Gasteiger partial charge in [0.05, 0.1) is 26.1 Å². The van der Waals surface area contributed by atoms with Gasteiger partial charge in [-0.3, -0.25) is 4.79 Å². The number of carbonyl (C=O) groups is 1. The summed E-state index contributed by atoms with van der Waals surface area (Å²) in [5, 5.41) is 0. The Balaban J connectivity index is 1.38. The molecule has 0 radical (unpaired) electrons. The standard InChI is InChI=1S/C27H27N7O3/c1-36-21-10-9-19(16-22(21)37-2)20-17-29-25-24(30-20)26(32-27(28)31-25)34-14-12-33(13-15-34)23(35)11-8-18-6-4-3-5-7-18/h3-11,16-17H,12-15H2,1-2H3,(H2,28,29,31,32). The minimum absolute atomic E-state index is 0.0221. The largest absolute Gasteiger partial charge is 0.493 e. The number of aromatic nitrogens is 4. The van der Waals surface area contributed by atoms with Gasteiger partial charge in [0.1, 0.15) is 0 Å². The van der Waals surface area contributed by atoms with Gasteiger partial charge in [-0.2, -0.15) is 9.97 Å². The third kappa shape index (κ3) is 5.13. The van der Waals surface area contributed by atoms with Crippen LogP contribution in [0, 0.1) is 0 Å². The van der Waals surface area contributed by atoms with E-state index in [2.05, 4.69) is 19.9 Å². The van der Waals surface area contributed by atoms with Gasteiger partial charge in [0, 0.05) is 37.8 Å². The molecule has 1 fully saturated rings. The van der Waals surface area contributed by atoms with E-state index in [4.69, 9.17) is 20.2 Å². The van der Waals surface area contributed by atoms with E-state index in [9.17, 15) is 4.79 Å². The number of nitrogen functional groups attached to an aromatic ring is 1. The highest BCUT2D eigenvalue weighted by molar-refractivity contribution is 5.92. The van der Waals surface area contributed by atoms with E-state index in [1.807, 2.05) is 59.5 Å². The Bertz CT molecular complexity index is 1450. The van der Waals surface area contributed by atoms with Crippen molar-refractivity contribution in [3.8, 4) is 22.8 Å². The van der Waals surface area contributed by atoms with Crippen molar-refractivity contribution in [1.82, 2.24) is 24.8 Å². The number of amides is 1. The smallest absolute Gasteiger partial charge is 0.246 e. The highest BCUT2D eigenvalue weighted by Crippen LogP contribution is 2.32. The molecule has 4 aromatic rings. The van der Waals surface area contributed by atoms with Crippen LogP contribution in [0.15, 0.2) is 60.8 Å². The fourth-order valence-electron chi connectivity index (χ4n) is 4.24. The van der Waals surface area contributed by atoms with Crippen LogP contribution in [0.25, 0.3) is 28.5 Å². The summed E-state index contributed by atoms with van der Waals surface area (Å²) in [7, 11) is 3.18. The lowest BCUT2D eigenvalue weighted by Crippen LogP contribution is -2.48. The van der Waals surface area contributed by atoms with Crippen molar-refractivity contribution in [3.63, 3.8) is 0 Å². The molecule has 1 saturated heterocycles. The first-order valence-electron chi connectivity index (χ1n) is 11.9. The SMILES string of the molecule is COc1ccc(-c2cnc3nc(N)nc(N4CCN(C(=O)C=Cc5ccccc5)CC4)c3n2)cc1OC. The number of methoxy groups -OCH3 is 2. The first-order valence-corrected chi connectivity index (χ1v) is 11.9. The number of ether oxygens (including phenoxy) is 2. The predicted molar refractivity (Wildman–Crippen MR) is 142 cm³/mol. The third-order valence-electron chi connectivity index (χ3n) is 6.19. The van der Waals surface area contributed by atoms with Crippen LogP contribution in [0.4, 0.5) is 11.8 Å². The van der Waals surface area contributed by atoms with Crippen LogP contribution in [0.1, 0.15) is 5.56 Å². The summed E-state index contributed by atoms with van der Waals surface area (Å²) in [6.45, 7) is 2.26. The quantitative estimate of drug-likeness (QED) is 0.401. The zero-order valence-electron chi connectivity index (χ0n) is 20.7. The number of carbonyl (C=O) groups excluding carboxylic acids is 1. The number of nitrogens with zero attached hydrogens (tertiary/aromatic N) is 6. The molecule has 10 nitrogen and oxygen atoms in total. The van der Waals surface area contributed by atoms with Gasteiger partial charge >= 0.3 is 0 Å². The van der Waals surface area contributed by atoms with Crippen molar-refractivity contribution in [2.75, 3.05) is 51.0 Å². The maximum Gasteiger partial charge on any atom is 0.246 e. The molecule has 0 unspecified atom stereocenters. The number of nitrogens with two attached hydrogens (primary N) is 1. The molecule has 2 aromatic heterocycles. The Labute approximate surface area is 214 Å². The topological polar surface area (TPSA) is 120 Å². The number of hydrogen-bond acceptors (Lipinski definition) is 9. The minimum Gasteiger partial charge on any atom is -0.493 e. The van der Waals surface area contributed by atoms with Gasteiger partial charge in [-0.15, -0.1) is 0 Å². The van der Waals surface area contributed by atoms with Gasteiger partial charge in [0.15, 0.2) is 28.5 Å². The summed E-state index contributed by atoms with van der Waals surface area (Å²) in [5.41, 5.74) is 9.40. The Morgan fingerprint density at radius 1 is 0.946 bits per heavy atom. The van der Waals surface area contributed by atoms with Crippen LogP contribution < -0.4 is 20.1 Å². The van der Waals surface area contributed by atoms with Gasteiger partial charge in [0.25, 0.3) is 0 Å². The molecular weight excluding hydrogens is 470 g/mol. The lowest BCUT2D eigenvalue weighted by molar-refractivity contribution is -0.126. The maximum absolute atomic E-state index is 12.7. The molecule has 3 heterocycles. The molecule has 2 aromatic carbocycles. The zero-order valence-corrected chi connectivity index (χ0v) is 20.7. The number of hydrogen-bond donors (Lipinski definition) is 1. The maximum atomic E-state index is 12.7.